The molecule has 1 aromatic heterocycles. The molecule has 134 valence electrons. The third-order valence-electron chi connectivity index (χ3n) is 5.23. The van der Waals surface area contributed by atoms with E-state index >= 15 is 0 Å². The van der Waals surface area contributed by atoms with Crippen molar-refractivity contribution in [3.8, 4) is 16.9 Å². The molecule has 1 saturated carbocycles. The van der Waals surface area contributed by atoms with Crippen LogP contribution in [0.4, 0.5) is 5.69 Å². The van der Waals surface area contributed by atoms with Crippen LogP contribution in [0, 0.1) is 0 Å². The molecule has 0 bridgehead atoms. The lowest BCUT2D eigenvalue weighted by Crippen LogP contribution is -2.27. The number of halogens is 1. The van der Waals surface area contributed by atoms with Gasteiger partial charge >= 0.3 is 5.97 Å². The number of likely N-dealkylation sites (N-methyl/N-ethyl adjacent to an activating group) is 1. The number of esters is 1. The fourth-order valence-electron chi connectivity index (χ4n) is 3.70. The van der Waals surface area contributed by atoms with E-state index in [1.165, 1.54) is 20.4 Å². The SMILES string of the molecule is COC(=O)c1cc2c(cc1-c1cc(Cl)ncc1OC)C1(CC1)C(=O)N2C. The zero-order chi connectivity index (χ0) is 18.6. The van der Waals surface area contributed by atoms with Crippen molar-refractivity contribution in [1.82, 2.24) is 4.98 Å². The number of carbonyl (C=O) groups excluding carboxylic acids is 2. The highest BCUT2D eigenvalue weighted by molar-refractivity contribution is 6.29. The molecule has 6 nitrogen and oxygen atoms in total. The maximum Gasteiger partial charge on any atom is 0.338 e. The van der Waals surface area contributed by atoms with Crippen molar-refractivity contribution in [1.29, 1.82) is 0 Å². The Labute approximate surface area is 155 Å². The van der Waals surface area contributed by atoms with Crippen LogP contribution >= 0.6 is 11.6 Å². The van der Waals surface area contributed by atoms with E-state index in [0.29, 0.717) is 22.4 Å². The third kappa shape index (κ3) is 2.22. The van der Waals surface area contributed by atoms with Gasteiger partial charge < -0.3 is 14.4 Å². The molecule has 2 heterocycles. The number of nitrogens with zero attached hydrogens (tertiary/aromatic N) is 2. The lowest BCUT2D eigenvalue weighted by Gasteiger charge is -2.16. The van der Waals surface area contributed by atoms with Gasteiger partial charge in [0.15, 0.2) is 0 Å². The van der Waals surface area contributed by atoms with Gasteiger partial charge in [-0.1, -0.05) is 11.6 Å². The highest BCUT2D eigenvalue weighted by atomic mass is 35.5. The summed E-state index contributed by atoms with van der Waals surface area (Å²) in [6.45, 7) is 0. The minimum absolute atomic E-state index is 0.0696. The molecular formula is C19H17ClN2O4. The first-order valence-corrected chi connectivity index (χ1v) is 8.55. The molecule has 1 aromatic carbocycles. The van der Waals surface area contributed by atoms with Gasteiger partial charge in [0.1, 0.15) is 10.9 Å². The van der Waals surface area contributed by atoms with Gasteiger partial charge in [0.25, 0.3) is 0 Å². The van der Waals surface area contributed by atoms with Crippen LogP contribution in [-0.4, -0.2) is 38.1 Å². The Morgan fingerprint density at radius 2 is 1.96 bits per heavy atom. The first-order chi connectivity index (χ1) is 12.4. The average molecular weight is 373 g/mol. The lowest BCUT2D eigenvalue weighted by atomic mass is 9.90. The summed E-state index contributed by atoms with van der Waals surface area (Å²) < 4.78 is 10.4. The number of hydrogen-bond acceptors (Lipinski definition) is 5. The fourth-order valence-corrected chi connectivity index (χ4v) is 3.85. The van der Waals surface area contributed by atoms with Crippen LogP contribution in [0.3, 0.4) is 0 Å². The van der Waals surface area contributed by atoms with E-state index in [0.717, 1.165) is 24.1 Å². The van der Waals surface area contributed by atoms with Crippen LogP contribution in [0.1, 0.15) is 28.8 Å². The van der Waals surface area contributed by atoms with Crippen molar-refractivity contribution >= 4 is 29.2 Å². The topological polar surface area (TPSA) is 68.7 Å². The van der Waals surface area contributed by atoms with Crippen LogP contribution in [0.2, 0.25) is 5.15 Å². The number of methoxy groups -OCH3 is 2. The Morgan fingerprint density at radius 3 is 2.58 bits per heavy atom. The molecule has 7 heteroatoms. The number of aromatic nitrogens is 1. The van der Waals surface area contributed by atoms with Gasteiger partial charge in [-0.25, -0.2) is 9.78 Å². The predicted molar refractivity (Wildman–Crippen MR) is 96.9 cm³/mol. The molecule has 1 amide bonds. The van der Waals surface area contributed by atoms with Gasteiger partial charge in [-0.3, -0.25) is 4.79 Å². The van der Waals surface area contributed by atoms with E-state index in [2.05, 4.69) is 4.98 Å². The van der Waals surface area contributed by atoms with Crippen molar-refractivity contribution in [2.75, 3.05) is 26.2 Å². The van der Waals surface area contributed by atoms with E-state index in [-0.39, 0.29) is 11.1 Å². The van der Waals surface area contributed by atoms with E-state index in [1.807, 2.05) is 6.07 Å². The second-order valence-electron chi connectivity index (χ2n) is 6.56. The number of benzene rings is 1. The molecule has 0 unspecified atom stereocenters. The Hall–Kier alpha value is -2.60. The van der Waals surface area contributed by atoms with Gasteiger partial charge in [0.05, 0.1) is 31.4 Å². The smallest absolute Gasteiger partial charge is 0.338 e. The summed E-state index contributed by atoms with van der Waals surface area (Å²) in [7, 11) is 4.59. The Bertz CT molecular complexity index is 953. The molecule has 1 aliphatic heterocycles. The molecule has 2 aromatic rings. The molecule has 0 atom stereocenters. The maximum atomic E-state index is 12.7. The van der Waals surface area contributed by atoms with E-state index in [1.54, 1.807) is 24.1 Å². The summed E-state index contributed by atoms with van der Waals surface area (Å²) >= 11 is 6.08. The molecule has 1 fully saturated rings. The van der Waals surface area contributed by atoms with E-state index in [9.17, 15) is 9.59 Å². The zero-order valence-corrected chi connectivity index (χ0v) is 15.4. The first kappa shape index (κ1) is 16.8. The number of amides is 1. The molecule has 1 spiro atoms. The molecule has 1 aliphatic carbocycles. The van der Waals surface area contributed by atoms with Crippen LogP contribution in [-0.2, 0) is 14.9 Å². The first-order valence-electron chi connectivity index (χ1n) is 8.18. The summed E-state index contributed by atoms with van der Waals surface area (Å²) in [5.74, 6) is 0.0672. The summed E-state index contributed by atoms with van der Waals surface area (Å²) in [6, 6.07) is 5.26. The van der Waals surface area contributed by atoms with Crippen molar-refractivity contribution in [3.05, 3.63) is 40.7 Å². The Morgan fingerprint density at radius 1 is 1.23 bits per heavy atom. The van der Waals surface area contributed by atoms with E-state index < -0.39 is 11.4 Å². The Kier molecular flexibility index (Phi) is 3.70. The highest BCUT2D eigenvalue weighted by Crippen LogP contribution is 2.58. The molecular weight excluding hydrogens is 356 g/mol. The second-order valence-corrected chi connectivity index (χ2v) is 6.95. The summed E-state index contributed by atoms with van der Waals surface area (Å²) in [5, 5.41) is 0.284. The molecule has 0 saturated heterocycles. The van der Waals surface area contributed by atoms with Crippen LogP contribution in [0.25, 0.3) is 11.1 Å². The number of fused-ring (bicyclic) bond motifs is 2. The number of hydrogen-bond donors (Lipinski definition) is 0. The Balaban J connectivity index is 2.01. The molecule has 26 heavy (non-hydrogen) atoms. The third-order valence-corrected chi connectivity index (χ3v) is 5.43. The summed E-state index contributed by atoms with van der Waals surface area (Å²) in [5.41, 5.74) is 2.82. The second kappa shape index (κ2) is 5.71. The monoisotopic (exact) mass is 372 g/mol. The molecule has 0 radical (unpaired) electrons. The molecule has 4 rings (SSSR count). The standard InChI is InChI=1S/C19H17ClN2O4/c1-22-14-7-12(17(23)26-3)10(6-13(14)19(4-5-19)18(22)24)11-8-16(20)21-9-15(11)25-2/h6-9H,4-5H2,1-3H3. The fraction of sp³-hybridized carbons (Fsp3) is 0.316. The quantitative estimate of drug-likeness (QED) is 0.611. The van der Waals surface area contributed by atoms with Gasteiger partial charge in [-0.05, 0) is 36.6 Å². The lowest BCUT2D eigenvalue weighted by molar-refractivity contribution is -0.119. The summed E-state index contributed by atoms with van der Waals surface area (Å²) in [6.07, 6.45) is 3.14. The summed E-state index contributed by atoms with van der Waals surface area (Å²) in [4.78, 5) is 30.8. The van der Waals surface area contributed by atoms with Gasteiger partial charge in [0, 0.05) is 23.9 Å². The van der Waals surface area contributed by atoms with Gasteiger partial charge in [0.2, 0.25) is 5.91 Å². The predicted octanol–water partition coefficient (Wildman–Crippen LogP) is 3.21. The van der Waals surface area contributed by atoms with Crippen LogP contribution in [0.5, 0.6) is 5.75 Å². The number of rotatable bonds is 3. The van der Waals surface area contributed by atoms with Crippen LogP contribution < -0.4 is 9.64 Å². The maximum absolute atomic E-state index is 12.7. The number of anilines is 1. The largest absolute Gasteiger partial charge is 0.494 e. The minimum atomic E-state index is -0.490. The normalized spacial score (nSPS) is 16.6. The van der Waals surface area contributed by atoms with Crippen LogP contribution in [0.15, 0.2) is 24.4 Å². The zero-order valence-electron chi connectivity index (χ0n) is 14.6. The average Bonchev–Trinajstić information content (AvgIpc) is 3.43. The number of pyridine rings is 1. The minimum Gasteiger partial charge on any atom is -0.494 e. The van der Waals surface area contributed by atoms with Gasteiger partial charge in [-0.15, -0.1) is 0 Å². The van der Waals surface area contributed by atoms with Crippen molar-refractivity contribution in [3.63, 3.8) is 0 Å². The van der Waals surface area contributed by atoms with Crippen molar-refractivity contribution in [2.24, 2.45) is 0 Å². The van der Waals surface area contributed by atoms with E-state index in [4.69, 9.17) is 21.1 Å². The van der Waals surface area contributed by atoms with Crippen molar-refractivity contribution in [2.45, 2.75) is 18.3 Å². The molecule has 2 aliphatic rings. The van der Waals surface area contributed by atoms with Crippen molar-refractivity contribution < 1.29 is 19.1 Å². The number of carbonyl (C=O) groups is 2. The van der Waals surface area contributed by atoms with Gasteiger partial charge in [-0.2, -0.15) is 0 Å². The molecule has 0 N–H and O–H groups in total. The highest BCUT2D eigenvalue weighted by Gasteiger charge is 2.58. The number of ether oxygens (including phenoxy) is 2.